The molecule has 0 heterocycles. The molecule has 0 radical (unpaired) electrons. The highest BCUT2D eigenvalue weighted by molar-refractivity contribution is 6.30. The summed E-state index contributed by atoms with van der Waals surface area (Å²) in [6.07, 6.45) is 0. The molecular weight excluding hydrogens is 337 g/mol. The average Bonchev–Trinajstić information content (AvgIpc) is 2.33. The molecule has 0 saturated carbocycles. The van der Waals surface area contributed by atoms with Crippen LogP contribution in [0.5, 0.6) is 5.75 Å². The van der Waals surface area contributed by atoms with Crippen molar-refractivity contribution in [1.29, 1.82) is 0 Å². The predicted molar refractivity (Wildman–Crippen MR) is 90.9 cm³/mol. The van der Waals surface area contributed by atoms with Crippen molar-refractivity contribution in [2.45, 2.75) is 6.54 Å². The fourth-order valence-electron chi connectivity index (χ4n) is 1.50. The first-order chi connectivity index (χ1) is 8.99. The van der Waals surface area contributed by atoms with Crippen LogP contribution in [0.25, 0.3) is 0 Å². The number of nitrogens with zero attached hydrogens (tertiary/aromatic N) is 1. The van der Waals surface area contributed by atoms with E-state index in [-0.39, 0.29) is 31.4 Å². The summed E-state index contributed by atoms with van der Waals surface area (Å²) in [5.74, 6) is 0.127. The number of carbonyl (C=O) groups excluding carboxylic acids is 1. The number of hydrogen-bond donors (Lipinski definition) is 2. The van der Waals surface area contributed by atoms with E-state index in [4.69, 9.17) is 22.1 Å². The summed E-state index contributed by atoms with van der Waals surface area (Å²) in [6.45, 7) is 2.29. The summed E-state index contributed by atoms with van der Waals surface area (Å²) in [5, 5.41) is 3.93. The van der Waals surface area contributed by atoms with Gasteiger partial charge in [-0.05, 0) is 32.3 Å². The van der Waals surface area contributed by atoms with E-state index in [1.807, 2.05) is 20.2 Å². The highest BCUT2D eigenvalue weighted by atomic mass is 35.5. The van der Waals surface area contributed by atoms with Crippen LogP contribution in [0.2, 0.25) is 5.02 Å². The number of benzene rings is 1. The summed E-state index contributed by atoms with van der Waals surface area (Å²) < 4.78 is 5.35. The van der Waals surface area contributed by atoms with Gasteiger partial charge in [0.15, 0.2) is 6.61 Å². The Morgan fingerprint density at radius 3 is 2.62 bits per heavy atom. The maximum absolute atomic E-state index is 10.7. The van der Waals surface area contributed by atoms with Crippen LogP contribution in [0.3, 0.4) is 0 Å². The molecule has 0 aliphatic rings. The second-order valence-corrected chi connectivity index (χ2v) is 4.92. The molecule has 0 spiro atoms. The van der Waals surface area contributed by atoms with Gasteiger partial charge in [-0.25, -0.2) is 0 Å². The van der Waals surface area contributed by atoms with Crippen molar-refractivity contribution >= 4 is 42.3 Å². The smallest absolute Gasteiger partial charge is 0.255 e. The molecule has 3 N–H and O–H groups in total. The first-order valence-corrected chi connectivity index (χ1v) is 6.42. The Hall–Kier alpha value is -0.720. The molecule has 0 aromatic heterocycles. The molecule has 8 heteroatoms. The lowest BCUT2D eigenvalue weighted by atomic mass is 10.2. The van der Waals surface area contributed by atoms with Gasteiger partial charge in [-0.3, -0.25) is 4.79 Å². The Bertz CT molecular complexity index is 431. The van der Waals surface area contributed by atoms with Gasteiger partial charge in [-0.2, -0.15) is 0 Å². The zero-order valence-electron chi connectivity index (χ0n) is 12.1. The third kappa shape index (κ3) is 9.77. The number of rotatable bonds is 8. The molecule has 0 saturated heterocycles. The molecule has 0 aliphatic heterocycles. The quantitative estimate of drug-likeness (QED) is 0.694. The molecule has 5 nitrogen and oxygen atoms in total. The number of hydrogen-bond acceptors (Lipinski definition) is 4. The normalized spacial score (nSPS) is 9.71. The van der Waals surface area contributed by atoms with Gasteiger partial charge in [0, 0.05) is 30.2 Å². The molecule has 1 aromatic rings. The van der Waals surface area contributed by atoms with E-state index in [2.05, 4.69) is 10.2 Å². The van der Waals surface area contributed by atoms with Gasteiger partial charge < -0.3 is 20.7 Å². The molecule has 21 heavy (non-hydrogen) atoms. The fourth-order valence-corrected chi connectivity index (χ4v) is 1.70. The van der Waals surface area contributed by atoms with Gasteiger partial charge in [-0.1, -0.05) is 11.6 Å². The third-order valence-corrected chi connectivity index (χ3v) is 2.68. The van der Waals surface area contributed by atoms with Crippen molar-refractivity contribution in [3.05, 3.63) is 28.8 Å². The lowest BCUT2D eigenvalue weighted by Gasteiger charge is -2.13. The van der Waals surface area contributed by atoms with E-state index in [0.717, 1.165) is 18.7 Å². The number of primary amides is 1. The second kappa shape index (κ2) is 11.9. The van der Waals surface area contributed by atoms with Crippen molar-refractivity contribution in [3.8, 4) is 5.75 Å². The molecule has 0 atom stereocenters. The van der Waals surface area contributed by atoms with Crippen molar-refractivity contribution in [2.75, 3.05) is 33.8 Å². The number of halogens is 3. The van der Waals surface area contributed by atoms with Crippen LogP contribution in [0.1, 0.15) is 5.56 Å². The van der Waals surface area contributed by atoms with Gasteiger partial charge >= 0.3 is 0 Å². The predicted octanol–water partition coefficient (Wildman–Crippen LogP) is 1.70. The summed E-state index contributed by atoms with van der Waals surface area (Å²) in [4.78, 5) is 12.8. The third-order valence-electron chi connectivity index (χ3n) is 2.44. The largest absolute Gasteiger partial charge is 0.483 e. The maximum Gasteiger partial charge on any atom is 0.255 e. The van der Waals surface area contributed by atoms with Crippen molar-refractivity contribution in [2.24, 2.45) is 5.73 Å². The van der Waals surface area contributed by atoms with Crippen LogP contribution in [0.15, 0.2) is 18.2 Å². The zero-order chi connectivity index (χ0) is 14.3. The van der Waals surface area contributed by atoms with Crippen molar-refractivity contribution < 1.29 is 9.53 Å². The van der Waals surface area contributed by atoms with E-state index in [0.29, 0.717) is 17.3 Å². The zero-order valence-corrected chi connectivity index (χ0v) is 14.5. The van der Waals surface area contributed by atoms with Gasteiger partial charge in [0.2, 0.25) is 0 Å². The Balaban J connectivity index is 0. The minimum absolute atomic E-state index is 0. The molecule has 122 valence electrons. The summed E-state index contributed by atoms with van der Waals surface area (Å²) >= 11 is 5.96. The van der Waals surface area contributed by atoms with Gasteiger partial charge in [-0.15, -0.1) is 24.8 Å². The minimum Gasteiger partial charge on any atom is -0.483 e. The SMILES string of the molecule is CN(C)CCNCc1cc(Cl)ccc1OCC(N)=O.Cl.Cl. The maximum atomic E-state index is 10.7. The molecule has 0 unspecified atom stereocenters. The Morgan fingerprint density at radius 1 is 1.38 bits per heavy atom. The van der Waals surface area contributed by atoms with Crippen LogP contribution in [0.4, 0.5) is 0 Å². The summed E-state index contributed by atoms with van der Waals surface area (Å²) in [7, 11) is 4.03. The Kier molecular flexibility index (Phi) is 12.8. The van der Waals surface area contributed by atoms with Gasteiger partial charge in [0.25, 0.3) is 5.91 Å². The second-order valence-electron chi connectivity index (χ2n) is 4.49. The number of amides is 1. The molecule has 0 bridgehead atoms. The number of carbonyl (C=O) groups is 1. The lowest BCUT2D eigenvalue weighted by Crippen LogP contribution is -2.26. The summed E-state index contributed by atoms with van der Waals surface area (Å²) in [5.41, 5.74) is 5.97. The first-order valence-electron chi connectivity index (χ1n) is 6.04. The molecule has 1 amide bonds. The molecule has 0 aliphatic carbocycles. The standard InChI is InChI=1S/C13H20ClN3O2.2ClH/c1-17(2)6-5-16-8-10-7-11(14)3-4-12(10)19-9-13(15)18;;/h3-4,7,16H,5-6,8-9H2,1-2H3,(H2,15,18);2*1H. The monoisotopic (exact) mass is 357 g/mol. The van der Waals surface area contributed by atoms with Crippen LogP contribution in [-0.4, -0.2) is 44.6 Å². The van der Waals surface area contributed by atoms with Gasteiger partial charge in [0.1, 0.15) is 5.75 Å². The van der Waals surface area contributed by atoms with E-state index >= 15 is 0 Å². The van der Waals surface area contributed by atoms with Crippen LogP contribution < -0.4 is 15.8 Å². The van der Waals surface area contributed by atoms with Crippen LogP contribution in [-0.2, 0) is 11.3 Å². The highest BCUT2D eigenvalue weighted by Crippen LogP contribution is 2.22. The number of ether oxygens (including phenoxy) is 1. The first kappa shape index (κ1) is 22.6. The van der Waals surface area contributed by atoms with Crippen molar-refractivity contribution in [3.63, 3.8) is 0 Å². The van der Waals surface area contributed by atoms with E-state index in [1.165, 1.54) is 0 Å². The van der Waals surface area contributed by atoms with E-state index < -0.39 is 5.91 Å². The number of nitrogens with one attached hydrogen (secondary N) is 1. The lowest BCUT2D eigenvalue weighted by molar-refractivity contribution is -0.119. The minimum atomic E-state index is -0.499. The fraction of sp³-hybridized carbons (Fsp3) is 0.462. The molecule has 0 fully saturated rings. The highest BCUT2D eigenvalue weighted by Gasteiger charge is 2.06. The Morgan fingerprint density at radius 2 is 2.05 bits per heavy atom. The molecule has 1 rings (SSSR count). The van der Waals surface area contributed by atoms with Crippen LogP contribution in [0, 0.1) is 0 Å². The molecule has 1 aromatic carbocycles. The van der Waals surface area contributed by atoms with Gasteiger partial charge in [0.05, 0.1) is 0 Å². The number of nitrogens with two attached hydrogens (primary N) is 1. The molecular formula is C13H22Cl3N3O2. The van der Waals surface area contributed by atoms with E-state index in [1.54, 1.807) is 12.1 Å². The van der Waals surface area contributed by atoms with Crippen molar-refractivity contribution in [1.82, 2.24) is 10.2 Å². The summed E-state index contributed by atoms with van der Waals surface area (Å²) in [6, 6.07) is 5.29. The van der Waals surface area contributed by atoms with Crippen LogP contribution >= 0.6 is 36.4 Å². The van der Waals surface area contributed by atoms with E-state index in [9.17, 15) is 4.79 Å². The number of likely N-dealkylation sites (N-methyl/N-ethyl adjacent to an activating group) is 1. The topological polar surface area (TPSA) is 67.6 Å². The average molecular weight is 359 g/mol. The Labute approximate surface area is 143 Å².